The van der Waals surface area contributed by atoms with Crippen LogP contribution in [0.15, 0.2) is 45.3 Å². The number of hydrogen-bond donors (Lipinski definition) is 3. The van der Waals surface area contributed by atoms with Crippen molar-refractivity contribution >= 4 is 28.9 Å². The molecule has 7 nitrogen and oxygen atoms in total. The Labute approximate surface area is 189 Å². The first-order chi connectivity index (χ1) is 15.2. The highest BCUT2D eigenvalue weighted by Gasteiger charge is 2.32. The van der Waals surface area contributed by atoms with Crippen LogP contribution < -0.4 is 15.4 Å². The number of likely N-dealkylation sites (tertiary alicyclic amines) is 1. The minimum absolute atomic E-state index is 0.0136. The van der Waals surface area contributed by atoms with Crippen molar-refractivity contribution in [2.75, 3.05) is 26.2 Å². The van der Waals surface area contributed by atoms with Crippen molar-refractivity contribution in [3.05, 3.63) is 51.7 Å². The van der Waals surface area contributed by atoms with Crippen molar-refractivity contribution < 1.29 is 18.3 Å². The summed E-state index contributed by atoms with van der Waals surface area (Å²) in [6.45, 7) is 4.37. The Morgan fingerprint density at radius 2 is 2.16 bits per heavy atom. The Morgan fingerprint density at radius 1 is 1.38 bits per heavy atom. The monoisotopic (exact) mass is 463 g/mol. The Bertz CT molecular complexity index is 1070. The molecule has 2 unspecified atom stereocenters. The average Bonchev–Trinajstić information content (AvgIpc) is 3.35. The number of nitrogens with zero attached hydrogens (tertiary/aromatic N) is 2. The third-order valence-electron chi connectivity index (χ3n) is 5.72. The second-order valence-corrected chi connectivity index (χ2v) is 8.42. The molecule has 170 valence electrons. The topological polar surface area (TPSA) is 89.8 Å². The van der Waals surface area contributed by atoms with Gasteiger partial charge in [0.15, 0.2) is 0 Å². The van der Waals surface area contributed by atoms with Crippen molar-refractivity contribution in [1.82, 2.24) is 15.5 Å². The molecular formula is C22H24ClF2N5O2. The van der Waals surface area contributed by atoms with Gasteiger partial charge in [-0.05, 0) is 38.9 Å². The van der Waals surface area contributed by atoms with Crippen molar-refractivity contribution in [3.8, 4) is 5.75 Å². The molecule has 0 bridgehead atoms. The minimum atomic E-state index is -1.05. The van der Waals surface area contributed by atoms with Gasteiger partial charge in [0.1, 0.15) is 30.2 Å². The Morgan fingerprint density at radius 3 is 2.84 bits per heavy atom. The van der Waals surface area contributed by atoms with Crippen LogP contribution in [0.2, 0.25) is 0 Å². The summed E-state index contributed by atoms with van der Waals surface area (Å²) in [7, 11) is 0. The molecule has 1 aromatic rings. The van der Waals surface area contributed by atoms with Gasteiger partial charge in [-0.3, -0.25) is 4.79 Å². The van der Waals surface area contributed by atoms with Crippen LogP contribution >= 0.6 is 11.6 Å². The van der Waals surface area contributed by atoms with Gasteiger partial charge in [0, 0.05) is 17.3 Å². The Hall–Kier alpha value is -2.78. The molecular weight excluding hydrogens is 440 g/mol. The number of rotatable bonds is 4. The summed E-state index contributed by atoms with van der Waals surface area (Å²) in [5, 5.41) is 15.0. The zero-order chi connectivity index (χ0) is 23.0. The summed E-state index contributed by atoms with van der Waals surface area (Å²) in [6.07, 6.45) is -0.652. The van der Waals surface area contributed by atoms with Crippen LogP contribution in [0.5, 0.6) is 5.75 Å². The standard InChI is InChI=1S/C22H24ClF2N5O2/c1-11-20(23)12(2)29-21(28-11)15-8-30(9-17(15)26)22(31)14-4-3-13(24)7-19(14)32-10-18-16(25)5-6-27-18/h3-4,7,16,18,26-28H,5-6,8-10H2,1-2H3/b21-15+,26-17?. The van der Waals surface area contributed by atoms with Crippen LogP contribution in [0.3, 0.4) is 0 Å². The van der Waals surface area contributed by atoms with Crippen LogP contribution in [0.4, 0.5) is 8.78 Å². The molecule has 32 heavy (non-hydrogen) atoms. The molecule has 0 spiro atoms. The molecule has 0 saturated carbocycles. The molecule has 2 atom stereocenters. The zero-order valence-electron chi connectivity index (χ0n) is 17.8. The summed E-state index contributed by atoms with van der Waals surface area (Å²) in [4.78, 5) is 19.1. The number of alkyl halides is 1. The van der Waals surface area contributed by atoms with Gasteiger partial charge in [0.25, 0.3) is 5.91 Å². The molecule has 0 aromatic heterocycles. The molecule has 1 aromatic carbocycles. The molecule has 3 N–H and O–H groups in total. The SMILES string of the molecule is CC1=N/C(=C2\CN(C(=O)c3ccc(F)cc3OCC3NCCC3F)CC2=N)NC(C)=C1Cl. The molecule has 0 radical (unpaired) electrons. The normalized spacial score (nSPS) is 25.8. The third-order valence-corrected chi connectivity index (χ3v) is 6.28. The zero-order valence-corrected chi connectivity index (χ0v) is 18.5. The minimum Gasteiger partial charge on any atom is -0.491 e. The number of benzene rings is 1. The molecule has 2 saturated heterocycles. The number of allylic oxidation sites excluding steroid dienone is 2. The smallest absolute Gasteiger partial charge is 0.258 e. The predicted molar refractivity (Wildman–Crippen MR) is 119 cm³/mol. The van der Waals surface area contributed by atoms with Crippen molar-refractivity contribution in [3.63, 3.8) is 0 Å². The fourth-order valence-electron chi connectivity index (χ4n) is 3.92. The van der Waals surface area contributed by atoms with E-state index in [9.17, 15) is 13.6 Å². The van der Waals surface area contributed by atoms with Gasteiger partial charge in [-0.1, -0.05) is 11.6 Å². The maximum Gasteiger partial charge on any atom is 0.258 e. The lowest BCUT2D eigenvalue weighted by molar-refractivity contribution is 0.0798. The highest BCUT2D eigenvalue weighted by Crippen LogP contribution is 2.27. The van der Waals surface area contributed by atoms with E-state index >= 15 is 0 Å². The van der Waals surface area contributed by atoms with Gasteiger partial charge < -0.3 is 25.7 Å². The first-order valence-electron chi connectivity index (χ1n) is 10.3. The average molecular weight is 464 g/mol. The summed E-state index contributed by atoms with van der Waals surface area (Å²) >= 11 is 6.17. The van der Waals surface area contributed by atoms with Crippen LogP contribution in [-0.4, -0.2) is 60.7 Å². The molecule has 3 heterocycles. The fraction of sp³-hybridized carbons (Fsp3) is 0.409. The highest BCUT2D eigenvalue weighted by atomic mass is 35.5. The lowest BCUT2D eigenvalue weighted by Crippen LogP contribution is -2.35. The van der Waals surface area contributed by atoms with Gasteiger partial charge in [0.2, 0.25) is 0 Å². The predicted octanol–water partition coefficient (Wildman–Crippen LogP) is 3.13. The molecule has 1 amide bonds. The van der Waals surface area contributed by atoms with Gasteiger partial charge in [0.05, 0.1) is 41.2 Å². The first-order valence-corrected chi connectivity index (χ1v) is 10.7. The lowest BCUT2D eigenvalue weighted by Gasteiger charge is -2.20. The number of amides is 1. The van der Waals surface area contributed by atoms with Crippen molar-refractivity contribution in [2.24, 2.45) is 4.99 Å². The van der Waals surface area contributed by atoms with Crippen LogP contribution in [0.1, 0.15) is 30.6 Å². The first kappa shape index (κ1) is 22.4. The number of nitrogens with one attached hydrogen (secondary N) is 3. The molecule has 3 aliphatic heterocycles. The summed E-state index contributed by atoms with van der Waals surface area (Å²) in [6, 6.07) is 3.16. The number of hydrogen-bond acceptors (Lipinski definition) is 6. The van der Waals surface area contributed by atoms with Crippen LogP contribution in [0.25, 0.3) is 0 Å². The number of aliphatic imine (C=N–C) groups is 1. The lowest BCUT2D eigenvalue weighted by atomic mass is 10.1. The quantitative estimate of drug-likeness (QED) is 0.640. The molecule has 0 aliphatic carbocycles. The van der Waals surface area contributed by atoms with Crippen molar-refractivity contribution in [2.45, 2.75) is 32.5 Å². The van der Waals surface area contributed by atoms with Crippen LogP contribution in [0, 0.1) is 11.2 Å². The summed E-state index contributed by atoms with van der Waals surface area (Å²) in [5.41, 5.74) is 2.35. The maximum atomic E-state index is 13.9. The third kappa shape index (κ3) is 4.40. The molecule has 4 rings (SSSR count). The summed E-state index contributed by atoms with van der Waals surface area (Å²) in [5.74, 6) is -0.418. The highest BCUT2D eigenvalue weighted by molar-refractivity contribution is 6.43. The Kier molecular flexibility index (Phi) is 6.30. The van der Waals surface area contributed by atoms with Crippen molar-refractivity contribution in [1.29, 1.82) is 5.41 Å². The number of ether oxygens (including phenoxy) is 1. The van der Waals surface area contributed by atoms with E-state index in [0.29, 0.717) is 35.1 Å². The van der Waals surface area contributed by atoms with Gasteiger partial charge >= 0.3 is 0 Å². The second-order valence-electron chi connectivity index (χ2n) is 8.04. The molecule has 3 aliphatic rings. The molecule has 10 heteroatoms. The Balaban J connectivity index is 1.54. The number of carbonyl (C=O) groups is 1. The van der Waals surface area contributed by atoms with Gasteiger partial charge in [-0.15, -0.1) is 0 Å². The second kappa shape index (κ2) is 8.99. The van der Waals surface area contributed by atoms with E-state index in [-0.39, 0.29) is 36.7 Å². The summed E-state index contributed by atoms with van der Waals surface area (Å²) < 4.78 is 33.4. The largest absolute Gasteiger partial charge is 0.491 e. The maximum absolute atomic E-state index is 13.9. The van der Waals surface area contributed by atoms with E-state index in [1.807, 2.05) is 6.92 Å². The van der Waals surface area contributed by atoms with E-state index in [0.717, 1.165) is 11.8 Å². The van der Waals surface area contributed by atoms with E-state index in [2.05, 4.69) is 15.6 Å². The van der Waals surface area contributed by atoms with Crippen LogP contribution in [-0.2, 0) is 0 Å². The van der Waals surface area contributed by atoms with E-state index in [1.165, 1.54) is 17.0 Å². The van der Waals surface area contributed by atoms with E-state index in [1.54, 1.807) is 6.92 Å². The van der Waals surface area contributed by atoms with E-state index in [4.69, 9.17) is 21.7 Å². The number of carbonyl (C=O) groups excluding carboxylic acids is 1. The van der Waals surface area contributed by atoms with Gasteiger partial charge in [-0.2, -0.15) is 0 Å². The van der Waals surface area contributed by atoms with E-state index < -0.39 is 23.9 Å². The number of halogens is 3. The molecule has 2 fully saturated rings. The van der Waals surface area contributed by atoms with Gasteiger partial charge in [-0.25, -0.2) is 13.8 Å². The fourth-order valence-corrected chi connectivity index (χ4v) is 4.01.